The van der Waals surface area contributed by atoms with E-state index in [9.17, 15) is 39.5 Å². The summed E-state index contributed by atoms with van der Waals surface area (Å²) in [5, 5.41) is 0. The molecule has 0 saturated heterocycles. The molecule has 0 fully saturated rings. The molecule has 4 aromatic rings. The average Bonchev–Trinajstić information content (AvgIpc) is 3.26. The lowest BCUT2D eigenvalue weighted by Crippen LogP contribution is -2.25. The van der Waals surface area contributed by atoms with Crippen molar-refractivity contribution in [2.24, 2.45) is 0 Å². The van der Waals surface area contributed by atoms with Crippen LogP contribution in [-0.4, -0.2) is 0 Å². The van der Waals surface area contributed by atoms with Crippen LogP contribution in [0, 0.1) is 23.3 Å². The van der Waals surface area contributed by atoms with Crippen molar-refractivity contribution in [1.82, 2.24) is 0 Å². The summed E-state index contributed by atoms with van der Waals surface area (Å²) in [4.78, 5) is 2.15. The summed E-state index contributed by atoms with van der Waals surface area (Å²) in [5.41, 5.74) is -3.10. The van der Waals surface area contributed by atoms with Gasteiger partial charge in [0.15, 0.2) is 0 Å². The van der Waals surface area contributed by atoms with Crippen molar-refractivity contribution in [2.75, 3.05) is 0 Å². The van der Waals surface area contributed by atoms with Crippen LogP contribution < -0.4 is 4.74 Å². The van der Waals surface area contributed by atoms with Crippen LogP contribution in [-0.2, 0) is 18.7 Å². The van der Waals surface area contributed by atoms with E-state index >= 15 is 0 Å². The maximum Gasteiger partial charge on any atom is 0.432 e. The van der Waals surface area contributed by atoms with Gasteiger partial charge in [-0.25, -0.2) is 17.6 Å². The molecule has 4 rings (SSSR count). The Labute approximate surface area is 208 Å². The fraction of sp³-hybridized carbons (Fsp3) is 0.154. The Morgan fingerprint density at radius 3 is 1.65 bits per heavy atom. The van der Waals surface area contributed by atoms with Crippen molar-refractivity contribution >= 4 is 11.3 Å². The molecular weight excluding hydrogens is 531 g/mol. The number of halogens is 9. The van der Waals surface area contributed by atoms with Crippen molar-refractivity contribution < 1.29 is 44.3 Å². The molecule has 37 heavy (non-hydrogen) atoms. The minimum absolute atomic E-state index is 0.0758. The molecule has 0 aliphatic heterocycles. The monoisotopic (exact) mass is 546 g/mol. The topological polar surface area (TPSA) is 9.23 Å². The zero-order chi connectivity index (χ0) is 27.1. The SMILES string of the molecule is CCc1ccc(-c2ccc(-c3cc(F)c(C(F)(F)Oc4cc(F)c(C(F)(F)F)c(F)c4)c(F)c3)cc2)s1. The largest absolute Gasteiger partial charge is 0.432 e. The van der Waals surface area contributed by atoms with E-state index < -0.39 is 52.4 Å². The summed E-state index contributed by atoms with van der Waals surface area (Å²) >= 11 is 1.58. The van der Waals surface area contributed by atoms with Crippen LogP contribution in [0.15, 0.2) is 60.7 Å². The van der Waals surface area contributed by atoms with E-state index in [-0.39, 0.29) is 17.7 Å². The molecular formula is C26H15F9OS. The molecule has 194 valence electrons. The minimum atomic E-state index is -5.44. The highest BCUT2D eigenvalue weighted by molar-refractivity contribution is 7.15. The van der Waals surface area contributed by atoms with Gasteiger partial charge in [-0.2, -0.15) is 22.0 Å². The molecule has 0 N–H and O–H groups in total. The standard InChI is InChI=1S/C26H15F9OS/c1-2-17-7-8-22(37-17)14-5-3-13(4-6-14)15-9-18(27)24(19(28)10-15)26(34,35)36-16-11-20(29)23(21(30)12-16)25(31,32)33/h3-12H,2H2,1H3. The quantitative estimate of drug-likeness (QED) is 0.219. The van der Waals surface area contributed by atoms with Crippen molar-refractivity contribution in [2.45, 2.75) is 25.6 Å². The van der Waals surface area contributed by atoms with Gasteiger partial charge in [-0.3, -0.25) is 0 Å². The predicted molar refractivity (Wildman–Crippen MR) is 120 cm³/mol. The molecule has 0 unspecified atom stereocenters. The van der Waals surface area contributed by atoms with Gasteiger partial charge in [0.05, 0.1) is 0 Å². The maximum absolute atomic E-state index is 14.7. The van der Waals surface area contributed by atoms with Gasteiger partial charge in [-0.15, -0.1) is 11.3 Å². The second-order valence-corrected chi connectivity index (χ2v) is 9.06. The number of ether oxygens (including phenoxy) is 1. The number of thiophene rings is 1. The Balaban J connectivity index is 1.62. The first kappa shape index (κ1) is 26.6. The smallest absolute Gasteiger partial charge is 0.429 e. The summed E-state index contributed by atoms with van der Waals surface area (Å²) in [6.07, 6.45) is -9.39. The van der Waals surface area contributed by atoms with Gasteiger partial charge in [0.2, 0.25) is 0 Å². The molecule has 11 heteroatoms. The van der Waals surface area contributed by atoms with Gasteiger partial charge >= 0.3 is 12.3 Å². The summed E-state index contributed by atoms with van der Waals surface area (Å²) in [7, 11) is 0. The van der Waals surface area contributed by atoms with Crippen molar-refractivity contribution in [3.8, 4) is 27.3 Å². The van der Waals surface area contributed by atoms with Crippen LogP contribution >= 0.6 is 11.3 Å². The second-order valence-electron chi connectivity index (χ2n) is 7.89. The highest BCUT2D eigenvalue weighted by Gasteiger charge is 2.43. The zero-order valence-electron chi connectivity index (χ0n) is 18.7. The van der Waals surface area contributed by atoms with Gasteiger partial charge < -0.3 is 4.74 Å². The van der Waals surface area contributed by atoms with Crippen molar-refractivity contribution in [1.29, 1.82) is 0 Å². The van der Waals surface area contributed by atoms with Crippen LogP contribution in [0.25, 0.3) is 21.6 Å². The number of benzene rings is 3. The first-order valence-electron chi connectivity index (χ1n) is 10.6. The number of hydrogen-bond donors (Lipinski definition) is 0. The van der Waals surface area contributed by atoms with Gasteiger partial charge in [-0.05, 0) is 47.4 Å². The second kappa shape index (κ2) is 9.77. The summed E-state index contributed by atoms with van der Waals surface area (Å²) < 4.78 is 128. The van der Waals surface area contributed by atoms with E-state index in [0.717, 1.165) is 16.9 Å². The Kier molecular flexibility index (Phi) is 7.02. The summed E-state index contributed by atoms with van der Waals surface area (Å²) in [6.45, 7) is 2.01. The first-order valence-corrected chi connectivity index (χ1v) is 11.4. The Morgan fingerprint density at radius 2 is 1.16 bits per heavy atom. The third kappa shape index (κ3) is 5.46. The maximum atomic E-state index is 14.7. The zero-order valence-corrected chi connectivity index (χ0v) is 19.5. The van der Waals surface area contributed by atoms with E-state index in [2.05, 4.69) is 4.74 Å². The van der Waals surface area contributed by atoms with Gasteiger partial charge in [0.1, 0.15) is 40.1 Å². The van der Waals surface area contributed by atoms with Crippen LogP contribution in [0.1, 0.15) is 22.9 Å². The number of rotatable bonds is 6. The molecule has 1 heterocycles. The fourth-order valence-corrected chi connectivity index (χ4v) is 4.60. The van der Waals surface area contributed by atoms with Crippen LogP contribution in [0.5, 0.6) is 5.75 Å². The molecule has 1 aromatic heterocycles. The molecule has 3 aromatic carbocycles. The minimum Gasteiger partial charge on any atom is -0.429 e. The molecule has 0 radical (unpaired) electrons. The molecule has 1 nitrogen and oxygen atoms in total. The third-order valence-corrected chi connectivity index (χ3v) is 6.67. The highest BCUT2D eigenvalue weighted by atomic mass is 32.1. The molecule has 0 atom stereocenters. The average molecular weight is 546 g/mol. The molecule has 0 amide bonds. The van der Waals surface area contributed by atoms with E-state index in [1.165, 1.54) is 4.88 Å². The Bertz CT molecular complexity index is 1390. The lowest BCUT2D eigenvalue weighted by Gasteiger charge is -2.20. The van der Waals surface area contributed by atoms with Crippen LogP contribution in [0.2, 0.25) is 0 Å². The number of aryl methyl sites for hydroxylation is 1. The lowest BCUT2D eigenvalue weighted by atomic mass is 10.0. The lowest BCUT2D eigenvalue weighted by molar-refractivity contribution is -0.189. The van der Waals surface area contributed by atoms with Crippen LogP contribution in [0.3, 0.4) is 0 Å². The van der Waals surface area contributed by atoms with E-state index in [0.29, 0.717) is 17.7 Å². The van der Waals surface area contributed by atoms with Crippen molar-refractivity contribution in [3.05, 3.63) is 99.9 Å². The Hall–Kier alpha value is -3.47. The van der Waals surface area contributed by atoms with Crippen LogP contribution in [0.4, 0.5) is 39.5 Å². The summed E-state index contributed by atoms with van der Waals surface area (Å²) in [5.74, 6) is -9.32. The Morgan fingerprint density at radius 1 is 0.649 bits per heavy atom. The highest BCUT2D eigenvalue weighted by Crippen LogP contribution is 2.40. The van der Waals surface area contributed by atoms with E-state index in [1.54, 1.807) is 35.6 Å². The van der Waals surface area contributed by atoms with Crippen molar-refractivity contribution in [3.63, 3.8) is 0 Å². The van der Waals surface area contributed by atoms with Gasteiger partial charge in [-0.1, -0.05) is 31.2 Å². The molecule has 0 bridgehead atoms. The number of alkyl halides is 5. The molecule has 0 aliphatic carbocycles. The molecule has 0 spiro atoms. The van der Waals surface area contributed by atoms with E-state index in [4.69, 9.17) is 0 Å². The summed E-state index contributed by atoms with van der Waals surface area (Å²) in [6, 6.07) is 11.4. The molecule has 0 saturated carbocycles. The van der Waals surface area contributed by atoms with E-state index in [1.807, 2.05) is 19.1 Å². The first-order chi connectivity index (χ1) is 17.3. The third-order valence-electron chi connectivity index (χ3n) is 5.39. The molecule has 0 aliphatic rings. The normalized spacial score (nSPS) is 12.2. The fourth-order valence-electron chi connectivity index (χ4n) is 3.65. The number of hydrogen-bond acceptors (Lipinski definition) is 2. The van der Waals surface area contributed by atoms with Gasteiger partial charge in [0, 0.05) is 21.9 Å². The van der Waals surface area contributed by atoms with Gasteiger partial charge in [0.25, 0.3) is 0 Å². The predicted octanol–water partition coefficient (Wildman–Crippen LogP) is 9.35.